The number of hydrogen-bond donors (Lipinski definition) is 0. The SMILES string of the molecule is O=C(C=Cc1cc(Cl)c2c(c1)OCO2)N1CCN(c2ncccn2)CC1. The second-order valence-electron chi connectivity index (χ2n) is 5.93. The third-order valence-corrected chi connectivity index (χ3v) is 4.57. The first-order chi connectivity index (χ1) is 12.7. The van der Waals surface area contributed by atoms with Crippen LogP contribution in [0.1, 0.15) is 5.56 Å². The Morgan fingerprint density at radius 1 is 1.12 bits per heavy atom. The predicted molar refractivity (Wildman–Crippen MR) is 97.4 cm³/mol. The van der Waals surface area contributed by atoms with Crippen LogP contribution in [0.3, 0.4) is 0 Å². The first-order valence-electron chi connectivity index (χ1n) is 8.29. The summed E-state index contributed by atoms with van der Waals surface area (Å²) in [6.45, 7) is 2.84. The summed E-state index contributed by atoms with van der Waals surface area (Å²) < 4.78 is 10.6. The van der Waals surface area contributed by atoms with Crippen LogP contribution in [0.15, 0.2) is 36.7 Å². The number of fused-ring (bicyclic) bond motifs is 1. The average molecular weight is 373 g/mol. The third kappa shape index (κ3) is 3.43. The van der Waals surface area contributed by atoms with Crippen molar-refractivity contribution in [2.24, 2.45) is 0 Å². The molecule has 2 aliphatic heterocycles. The minimum absolute atomic E-state index is 0.0348. The van der Waals surface area contributed by atoms with Gasteiger partial charge in [-0.2, -0.15) is 0 Å². The monoisotopic (exact) mass is 372 g/mol. The van der Waals surface area contributed by atoms with E-state index in [9.17, 15) is 4.79 Å². The smallest absolute Gasteiger partial charge is 0.246 e. The van der Waals surface area contributed by atoms with Gasteiger partial charge in [-0.05, 0) is 29.8 Å². The maximum absolute atomic E-state index is 12.4. The first kappa shape index (κ1) is 16.7. The Kier molecular flexibility index (Phi) is 4.62. The van der Waals surface area contributed by atoms with Crippen molar-refractivity contribution in [1.82, 2.24) is 14.9 Å². The number of halogens is 1. The Hall–Kier alpha value is -2.80. The lowest BCUT2D eigenvalue weighted by Gasteiger charge is -2.34. The molecule has 3 heterocycles. The molecule has 0 atom stereocenters. The van der Waals surface area contributed by atoms with Gasteiger partial charge in [-0.1, -0.05) is 11.6 Å². The van der Waals surface area contributed by atoms with Crippen molar-refractivity contribution in [3.63, 3.8) is 0 Å². The number of rotatable bonds is 3. The maximum atomic E-state index is 12.4. The van der Waals surface area contributed by atoms with E-state index in [1.54, 1.807) is 36.7 Å². The van der Waals surface area contributed by atoms with Crippen molar-refractivity contribution in [3.05, 3.63) is 47.3 Å². The van der Waals surface area contributed by atoms with Crippen molar-refractivity contribution >= 4 is 29.5 Å². The van der Waals surface area contributed by atoms with Gasteiger partial charge in [-0.25, -0.2) is 9.97 Å². The van der Waals surface area contributed by atoms with Gasteiger partial charge in [0.1, 0.15) is 0 Å². The highest BCUT2D eigenvalue weighted by atomic mass is 35.5. The van der Waals surface area contributed by atoms with Crippen LogP contribution in [0.25, 0.3) is 6.08 Å². The Balaban J connectivity index is 1.37. The summed E-state index contributed by atoms with van der Waals surface area (Å²) >= 11 is 6.16. The molecule has 0 saturated carbocycles. The van der Waals surface area contributed by atoms with Crippen molar-refractivity contribution in [3.8, 4) is 11.5 Å². The molecular formula is C18H17ClN4O3. The van der Waals surface area contributed by atoms with E-state index in [0.717, 1.165) is 5.56 Å². The number of ether oxygens (including phenoxy) is 2. The predicted octanol–water partition coefficient (Wildman–Crippen LogP) is 2.22. The largest absolute Gasteiger partial charge is 0.454 e. The zero-order chi connectivity index (χ0) is 17.9. The highest BCUT2D eigenvalue weighted by Crippen LogP contribution is 2.40. The van der Waals surface area contributed by atoms with Crippen LogP contribution in [-0.4, -0.2) is 53.7 Å². The molecule has 8 heteroatoms. The lowest BCUT2D eigenvalue weighted by Crippen LogP contribution is -2.48. The fourth-order valence-corrected chi connectivity index (χ4v) is 3.21. The number of carbonyl (C=O) groups excluding carboxylic acids is 1. The molecule has 1 aromatic heterocycles. The van der Waals surface area contributed by atoms with Crippen LogP contribution in [0.2, 0.25) is 5.02 Å². The van der Waals surface area contributed by atoms with Crippen LogP contribution in [0, 0.1) is 0 Å². The van der Waals surface area contributed by atoms with E-state index < -0.39 is 0 Å². The van der Waals surface area contributed by atoms with Crippen molar-refractivity contribution < 1.29 is 14.3 Å². The van der Waals surface area contributed by atoms with Crippen LogP contribution < -0.4 is 14.4 Å². The summed E-state index contributed by atoms with van der Waals surface area (Å²) in [6, 6.07) is 5.35. The molecule has 2 aliphatic rings. The minimum Gasteiger partial charge on any atom is -0.454 e. The summed E-state index contributed by atoms with van der Waals surface area (Å²) in [5, 5.41) is 0.476. The normalized spacial score (nSPS) is 16.3. The number of hydrogen-bond acceptors (Lipinski definition) is 6. The van der Waals surface area contributed by atoms with Crippen molar-refractivity contribution in [1.29, 1.82) is 0 Å². The summed E-state index contributed by atoms with van der Waals surface area (Å²) in [6.07, 6.45) is 6.74. The summed E-state index contributed by atoms with van der Waals surface area (Å²) in [7, 11) is 0. The van der Waals surface area contributed by atoms with E-state index in [2.05, 4.69) is 14.9 Å². The summed E-state index contributed by atoms with van der Waals surface area (Å²) in [4.78, 5) is 24.8. The molecule has 1 aromatic carbocycles. The number of benzene rings is 1. The molecule has 1 amide bonds. The van der Waals surface area contributed by atoms with Gasteiger partial charge in [0.05, 0.1) is 5.02 Å². The first-order valence-corrected chi connectivity index (χ1v) is 8.66. The molecule has 134 valence electrons. The summed E-state index contributed by atoms with van der Waals surface area (Å²) in [5.74, 6) is 1.81. The molecule has 1 saturated heterocycles. The van der Waals surface area contributed by atoms with Gasteiger partial charge < -0.3 is 19.3 Å². The molecule has 0 spiro atoms. The maximum Gasteiger partial charge on any atom is 0.246 e. The van der Waals surface area contributed by atoms with Crippen LogP contribution in [-0.2, 0) is 4.79 Å². The van der Waals surface area contributed by atoms with Crippen LogP contribution >= 0.6 is 11.6 Å². The standard InChI is InChI=1S/C18H17ClN4O3/c19-14-10-13(11-15-17(14)26-12-25-15)2-3-16(24)22-6-8-23(9-7-22)18-20-4-1-5-21-18/h1-5,10-11H,6-9,12H2. The Bertz CT molecular complexity index is 836. The quantitative estimate of drug-likeness (QED) is 0.770. The van der Waals surface area contributed by atoms with Gasteiger partial charge >= 0.3 is 0 Å². The lowest BCUT2D eigenvalue weighted by atomic mass is 10.2. The lowest BCUT2D eigenvalue weighted by molar-refractivity contribution is -0.126. The molecule has 0 radical (unpaired) electrons. The zero-order valence-corrected chi connectivity index (χ0v) is 14.7. The zero-order valence-electron chi connectivity index (χ0n) is 14.0. The number of carbonyl (C=O) groups is 1. The highest BCUT2D eigenvalue weighted by Gasteiger charge is 2.21. The molecule has 4 rings (SSSR count). The van der Waals surface area contributed by atoms with Gasteiger partial charge in [0.2, 0.25) is 18.6 Å². The highest BCUT2D eigenvalue weighted by molar-refractivity contribution is 6.32. The second kappa shape index (κ2) is 7.21. The van der Waals surface area contributed by atoms with E-state index in [4.69, 9.17) is 21.1 Å². The van der Waals surface area contributed by atoms with Crippen molar-refractivity contribution in [2.45, 2.75) is 0 Å². The van der Waals surface area contributed by atoms with Gasteiger partial charge in [0.15, 0.2) is 11.5 Å². The second-order valence-corrected chi connectivity index (χ2v) is 6.34. The number of piperazine rings is 1. The van der Waals surface area contributed by atoms with E-state index in [0.29, 0.717) is 48.6 Å². The fourth-order valence-electron chi connectivity index (χ4n) is 2.94. The topological polar surface area (TPSA) is 67.8 Å². The number of amides is 1. The Morgan fingerprint density at radius 2 is 1.88 bits per heavy atom. The van der Waals surface area contributed by atoms with E-state index in [-0.39, 0.29) is 12.7 Å². The summed E-state index contributed by atoms with van der Waals surface area (Å²) in [5.41, 5.74) is 0.795. The van der Waals surface area contributed by atoms with E-state index in [1.807, 2.05) is 11.0 Å². The van der Waals surface area contributed by atoms with E-state index in [1.165, 1.54) is 0 Å². The van der Waals surface area contributed by atoms with Gasteiger partial charge in [-0.3, -0.25) is 4.79 Å². The number of nitrogens with zero attached hydrogens (tertiary/aromatic N) is 4. The Morgan fingerprint density at radius 3 is 2.65 bits per heavy atom. The van der Waals surface area contributed by atoms with Crippen LogP contribution in [0.4, 0.5) is 5.95 Å². The van der Waals surface area contributed by atoms with Gasteiger partial charge in [-0.15, -0.1) is 0 Å². The molecule has 1 fully saturated rings. The van der Waals surface area contributed by atoms with Crippen LogP contribution in [0.5, 0.6) is 11.5 Å². The Labute approximate surface area is 155 Å². The van der Waals surface area contributed by atoms with Gasteiger partial charge in [0.25, 0.3) is 0 Å². The minimum atomic E-state index is -0.0348. The molecule has 2 aromatic rings. The molecule has 26 heavy (non-hydrogen) atoms. The molecule has 0 bridgehead atoms. The number of anilines is 1. The van der Waals surface area contributed by atoms with Gasteiger partial charge in [0, 0.05) is 44.6 Å². The molecule has 0 N–H and O–H groups in total. The van der Waals surface area contributed by atoms with Crippen molar-refractivity contribution in [2.75, 3.05) is 37.9 Å². The molecular weight excluding hydrogens is 356 g/mol. The molecule has 0 aliphatic carbocycles. The third-order valence-electron chi connectivity index (χ3n) is 4.29. The fraction of sp³-hybridized carbons (Fsp3) is 0.278. The number of aromatic nitrogens is 2. The average Bonchev–Trinajstić information content (AvgIpc) is 3.16. The molecule has 0 unspecified atom stereocenters. The molecule has 7 nitrogen and oxygen atoms in total. The van der Waals surface area contributed by atoms with E-state index >= 15 is 0 Å².